The van der Waals surface area contributed by atoms with E-state index in [4.69, 9.17) is 4.43 Å². The molecule has 0 saturated heterocycles. The molecule has 0 bridgehead atoms. The molecule has 0 aromatic rings. The van der Waals surface area contributed by atoms with E-state index in [0.717, 1.165) is 0 Å². The molecule has 0 rings (SSSR count). The molecule has 1 nitrogen and oxygen atoms in total. The molecule has 22 heavy (non-hydrogen) atoms. The molecule has 0 heterocycles. The Morgan fingerprint density at radius 3 is 1.91 bits per heavy atom. The van der Waals surface area contributed by atoms with Gasteiger partial charge >= 0.3 is 0 Å². The topological polar surface area (TPSA) is 9.23 Å². The molecule has 2 atom stereocenters. The monoisotopic (exact) mass is 326 g/mol. The fourth-order valence-corrected chi connectivity index (χ4v) is 3.97. The van der Waals surface area contributed by atoms with Crippen LogP contribution < -0.4 is 0 Å². The van der Waals surface area contributed by atoms with E-state index >= 15 is 0 Å². The Hall–Kier alpha value is -0.0831. The van der Waals surface area contributed by atoms with E-state index in [9.17, 15) is 0 Å². The van der Waals surface area contributed by atoms with Gasteiger partial charge in [0.25, 0.3) is 0 Å². The third kappa shape index (κ3) is 7.96. The minimum atomic E-state index is -1.70. The quantitative estimate of drug-likeness (QED) is 0.301. The summed E-state index contributed by atoms with van der Waals surface area (Å²) < 4.78 is 6.86. The lowest BCUT2D eigenvalue weighted by Gasteiger charge is -2.41. The second kappa shape index (κ2) is 9.92. The van der Waals surface area contributed by atoms with Gasteiger partial charge in [-0.15, -0.1) is 0 Å². The molecule has 0 unspecified atom stereocenters. The van der Waals surface area contributed by atoms with Crippen LogP contribution in [0.3, 0.4) is 0 Å². The zero-order valence-electron chi connectivity index (χ0n) is 16.9. The second-order valence-electron chi connectivity index (χ2n) is 8.61. The molecule has 0 aromatic heterocycles. The van der Waals surface area contributed by atoms with Gasteiger partial charge in [0, 0.05) is 5.92 Å². The van der Waals surface area contributed by atoms with E-state index < -0.39 is 8.32 Å². The standard InChI is InChI=1S/C20H42OSi/c1-10-12-14-18(16-17(3)4)19(15-13-11-2)21-22(8,9)20(5,6)7/h16,18-19H,10-15H2,1-9H3/t18-,19-/m0/s1. The Morgan fingerprint density at radius 1 is 1.00 bits per heavy atom. The fourth-order valence-electron chi connectivity index (χ4n) is 2.57. The van der Waals surface area contributed by atoms with Gasteiger partial charge in [0.15, 0.2) is 8.32 Å². The molecule has 0 amide bonds. The highest BCUT2D eigenvalue weighted by molar-refractivity contribution is 6.74. The summed E-state index contributed by atoms with van der Waals surface area (Å²) in [5, 5.41) is 0.289. The predicted octanol–water partition coefficient (Wildman–Crippen LogP) is 7.34. The molecule has 132 valence electrons. The number of unbranched alkanes of at least 4 members (excludes halogenated alkanes) is 2. The highest BCUT2D eigenvalue weighted by atomic mass is 28.4. The first kappa shape index (κ1) is 21.9. The lowest BCUT2D eigenvalue weighted by atomic mass is 9.91. The van der Waals surface area contributed by atoms with Crippen molar-refractivity contribution in [2.45, 2.75) is 111 Å². The molecule has 0 aliphatic rings. The number of allylic oxidation sites excluding steroid dienone is 1. The second-order valence-corrected chi connectivity index (χ2v) is 13.4. The third-order valence-corrected chi connectivity index (χ3v) is 9.51. The van der Waals surface area contributed by atoms with Crippen LogP contribution in [0.25, 0.3) is 0 Å². The summed E-state index contributed by atoms with van der Waals surface area (Å²) in [6.45, 7) is 20.8. The summed E-state index contributed by atoms with van der Waals surface area (Å²) in [5.74, 6) is 0.589. The van der Waals surface area contributed by atoms with Crippen molar-refractivity contribution < 1.29 is 4.43 Å². The minimum Gasteiger partial charge on any atom is -0.413 e. The van der Waals surface area contributed by atoms with E-state index in [2.05, 4.69) is 67.6 Å². The number of rotatable bonds is 10. The van der Waals surface area contributed by atoms with Gasteiger partial charge in [-0.25, -0.2) is 0 Å². The van der Waals surface area contributed by atoms with Crippen molar-refractivity contribution >= 4 is 8.32 Å². The summed E-state index contributed by atoms with van der Waals surface area (Å²) >= 11 is 0. The molecule has 0 N–H and O–H groups in total. The smallest absolute Gasteiger partial charge is 0.192 e. The predicted molar refractivity (Wildman–Crippen MR) is 104 cm³/mol. The van der Waals surface area contributed by atoms with Gasteiger partial charge in [-0.3, -0.25) is 0 Å². The molecular formula is C20H42OSi. The summed E-state index contributed by atoms with van der Waals surface area (Å²) in [7, 11) is -1.70. The number of hydrogen-bond donors (Lipinski definition) is 0. The van der Waals surface area contributed by atoms with Crippen molar-refractivity contribution in [3.8, 4) is 0 Å². The van der Waals surface area contributed by atoms with Crippen LogP contribution in [0.15, 0.2) is 11.6 Å². The van der Waals surface area contributed by atoms with Crippen LogP contribution in [0.4, 0.5) is 0 Å². The van der Waals surface area contributed by atoms with Gasteiger partial charge in [-0.2, -0.15) is 0 Å². The summed E-state index contributed by atoms with van der Waals surface area (Å²) in [5.41, 5.74) is 1.43. The molecule has 0 aromatic carbocycles. The maximum Gasteiger partial charge on any atom is 0.192 e. The van der Waals surface area contributed by atoms with Gasteiger partial charge in [0.1, 0.15) is 0 Å². The Bertz CT molecular complexity index is 321. The molecule has 0 aliphatic carbocycles. The van der Waals surface area contributed by atoms with Crippen molar-refractivity contribution in [2.75, 3.05) is 0 Å². The molecule has 0 spiro atoms. The van der Waals surface area contributed by atoms with Gasteiger partial charge in [0.05, 0.1) is 6.10 Å². The van der Waals surface area contributed by atoms with Gasteiger partial charge in [-0.1, -0.05) is 72.0 Å². The highest BCUT2D eigenvalue weighted by Crippen LogP contribution is 2.39. The lowest BCUT2D eigenvalue weighted by molar-refractivity contribution is 0.121. The van der Waals surface area contributed by atoms with E-state index in [1.807, 2.05) is 0 Å². The summed E-state index contributed by atoms with van der Waals surface area (Å²) in [4.78, 5) is 0. The van der Waals surface area contributed by atoms with Crippen LogP contribution in [0.2, 0.25) is 18.1 Å². The molecule has 0 saturated carbocycles. The first-order valence-electron chi connectivity index (χ1n) is 9.38. The van der Waals surface area contributed by atoms with E-state index in [0.29, 0.717) is 12.0 Å². The zero-order chi connectivity index (χ0) is 17.4. The van der Waals surface area contributed by atoms with E-state index in [1.165, 1.54) is 44.1 Å². The van der Waals surface area contributed by atoms with Crippen LogP contribution in [-0.4, -0.2) is 14.4 Å². The lowest BCUT2D eigenvalue weighted by Crippen LogP contribution is -2.45. The average molecular weight is 327 g/mol. The van der Waals surface area contributed by atoms with Crippen LogP contribution >= 0.6 is 0 Å². The number of hydrogen-bond acceptors (Lipinski definition) is 1. The Labute approximate surface area is 142 Å². The molecular weight excluding hydrogens is 284 g/mol. The van der Waals surface area contributed by atoms with Crippen molar-refractivity contribution in [3.05, 3.63) is 11.6 Å². The summed E-state index contributed by atoms with van der Waals surface area (Å²) in [6, 6.07) is 0. The van der Waals surface area contributed by atoms with Crippen molar-refractivity contribution in [1.82, 2.24) is 0 Å². The van der Waals surface area contributed by atoms with Gasteiger partial charge in [0.2, 0.25) is 0 Å². The van der Waals surface area contributed by atoms with Gasteiger partial charge < -0.3 is 4.43 Å². The minimum absolute atomic E-state index is 0.289. The molecule has 2 heteroatoms. The van der Waals surface area contributed by atoms with E-state index in [-0.39, 0.29) is 5.04 Å². The van der Waals surface area contributed by atoms with Crippen LogP contribution in [0, 0.1) is 5.92 Å². The van der Waals surface area contributed by atoms with Crippen molar-refractivity contribution in [2.24, 2.45) is 5.92 Å². The maximum absolute atomic E-state index is 6.86. The van der Waals surface area contributed by atoms with Crippen LogP contribution in [0.5, 0.6) is 0 Å². The molecule has 0 radical (unpaired) electrons. The largest absolute Gasteiger partial charge is 0.413 e. The normalized spacial score (nSPS) is 15.5. The summed E-state index contributed by atoms with van der Waals surface area (Å²) in [6.07, 6.45) is 10.5. The SMILES string of the molecule is CCCC[C@@H](C=C(C)C)[C@H](CCCC)O[Si](C)(C)C(C)(C)C. The Kier molecular flexibility index (Phi) is 9.89. The zero-order valence-corrected chi connectivity index (χ0v) is 17.9. The first-order chi connectivity index (χ1) is 10.0. The fraction of sp³-hybridized carbons (Fsp3) is 0.900. The van der Waals surface area contributed by atoms with Crippen LogP contribution in [-0.2, 0) is 4.43 Å². The van der Waals surface area contributed by atoms with Crippen LogP contribution in [0.1, 0.15) is 87.0 Å². The van der Waals surface area contributed by atoms with Crippen molar-refractivity contribution in [3.63, 3.8) is 0 Å². The molecule has 0 fully saturated rings. The molecule has 0 aliphatic heterocycles. The highest BCUT2D eigenvalue weighted by Gasteiger charge is 2.40. The van der Waals surface area contributed by atoms with Gasteiger partial charge in [-0.05, 0) is 44.8 Å². The van der Waals surface area contributed by atoms with E-state index in [1.54, 1.807) is 0 Å². The average Bonchev–Trinajstić information content (AvgIpc) is 2.37. The Balaban J connectivity index is 5.23. The Morgan fingerprint density at radius 2 is 1.50 bits per heavy atom. The maximum atomic E-state index is 6.86. The third-order valence-electron chi connectivity index (χ3n) is 5.01. The first-order valence-corrected chi connectivity index (χ1v) is 12.3. The van der Waals surface area contributed by atoms with Crippen molar-refractivity contribution in [1.29, 1.82) is 0 Å².